The minimum absolute atomic E-state index is 0.0524. The first-order valence-electron chi connectivity index (χ1n) is 9.68. The number of hydrogen-bond acceptors (Lipinski definition) is 6. The van der Waals surface area contributed by atoms with Crippen LogP contribution in [0, 0.1) is 13.8 Å². The normalized spacial score (nSPS) is 12.8. The van der Waals surface area contributed by atoms with Crippen molar-refractivity contribution in [1.82, 2.24) is 39.7 Å². The minimum atomic E-state index is -4.68. The molecule has 0 aliphatic rings. The van der Waals surface area contributed by atoms with Gasteiger partial charge in [-0.15, -0.1) is 5.10 Å². The lowest BCUT2D eigenvalue weighted by atomic mass is 10.1. The Labute approximate surface area is 180 Å². The molecule has 0 fully saturated rings. The number of carbonyl (C=O) groups is 1. The van der Waals surface area contributed by atoms with Crippen molar-refractivity contribution in [3.63, 3.8) is 0 Å². The van der Waals surface area contributed by atoms with Crippen LogP contribution in [0.15, 0.2) is 36.9 Å². The number of nitrogens with one attached hydrogen (secondary N) is 1. The second-order valence-electron chi connectivity index (χ2n) is 7.30. The van der Waals surface area contributed by atoms with Crippen molar-refractivity contribution in [3.05, 3.63) is 65.3 Å². The molecule has 166 valence electrons. The zero-order chi connectivity index (χ0) is 23.0. The first kappa shape index (κ1) is 21.4. The second-order valence-corrected chi connectivity index (χ2v) is 7.30. The first-order chi connectivity index (χ1) is 15.1. The van der Waals surface area contributed by atoms with Crippen molar-refractivity contribution in [3.8, 4) is 5.69 Å². The average molecular weight is 444 g/mol. The smallest absolute Gasteiger partial charge is 0.349 e. The number of benzene rings is 1. The molecule has 0 saturated heterocycles. The van der Waals surface area contributed by atoms with Gasteiger partial charge >= 0.3 is 6.18 Å². The molecule has 0 aliphatic carbocycles. The standard InChI is InChI=1S/C20H19F3N8O/c1-11(14-4-6-15(7-5-14)30-10-24-9-25-30)26-17(32)8-16-12(2)27-19-28-18(20(21,22)23)29-31(19)13(16)3/h4-7,9-11H,8H2,1-3H3,(H,26,32). The number of aryl methyl sites for hydroxylation is 2. The van der Waals surface area contributed by atoms with Crippen molar-refractivity contribution in [1.29, 1.82) is 0 Å². The largest absolute Gasteiger partial charge is 0.453 e. The molecule has 4 aromatic rings. The Morgan fingerprint density at radius 2 is 1.88 bits per heavy atom. The van der Waals surface area contributed by atoms with Crippen LogP contribution in [-0.2, 0) is 17.4 Å². The van der Waals surface area contributed by atoms with Gasteiger partial charge in [0.05, 0.1) is 18.2 Å². The molecule has 3 aromatic heterocycles. The van der Waals surface area contributed by atoms with Crippen LogP contribution in [0.1, 0.15) is 41.3 Å². The Bertz CT molecular complexity index is 1260. The van der Waals surface area contributed by atoms with Crippen LogP contribution in [0.25, 0.3) is 11.5 Å². The maximum atomic E-state index is 12.9. The molecule has 9 nitrogen and oxygen atoms in total. The highest BCUT2D eigenvalue weighted by Crippen LogP contribution is 2.27. The molecule has 1 aromatic carbocycles. The summed E-state index contributed by atoms with van der Waals surface area (Å²) in [7, 11) is 0. The van der Waals surface area contributed by atoms with Gasteiger partial charge < -0.3 is 5.32 Å². The molecule has 3 heterocycles. The van der Waals surface area contributed by atoms with Crippen molar-refractivity contribution in [2.24, 2.45) is 0 Å². The number of fused-ring (bicyclic) bond motifs is 1. The third-order valence-corrected chi connectivity index (χ3v) is 5.09. The van der Waals surface area contributed by atoms with Gasteiger partial charge in [-0.05, 0) is 38.5 Å². The van der Waals surface area contributed by atoms with Crippen LogP contribution in [0.4, 0.5) is 13.2 Å². The van der Waals surface area contributed by atoms with Gasteiger partial charge in [0.2, 0.25) is 5.91 Å². The fourth-order valence-electron chi connectivity index (χ4n) is 3.38. The van der Waals surface area contributed by atoms with Gasteiger partial charge in [-0.25, -0.2) is 19.2 Å². The number of halogens is 3. The zero-order valence-electron chi connectivity index (χ0n) is 17.4. The van der Waals surface area contributed by atoms with Crippen molar-refractivity contribution in [2.45, 2.75) is 39.4 Å². The topological polar surface area (TPSA) is 103 Å². The van der Waals surface area contributed by atoms with Gasteiger partial charge in [-0.1, -0.05) is 12.1 Å². The molecule has 0 spiro atoms. The van der Waals surface area contributed by atoms with E-state index in [4.69, 9.17) is 0 Å². The molecule has 1 N–H and O–H groups in total. The predicted octanol–water partition coefficient (Wildman–Crippen LogP) is 2.76. The lowest BCUT2D eigenvalue weighted by Crippen LogP contribution is -2.29. The summed E-state index contributed by atoms with van der Waals surface area (Å²) in [6.45, 7) is 5.06. The highest BCUT2D eigenvalue weighted by molar-refractivity contribution is 5.79. The van der Waals surface area contributed by atoms with E-state index in [-0.39, 0.29) is 24.1 Å². The SMILES string of the molecule is Cc1nc2nc(C(F)(F)F)nn2c(C)c1CC(=O)NC(C)c1ccc(-n2cncn2)cc1. The lowest BCUT2D eigenvalue weighted by Gasteiger charge is -2.16. The Morgan fingerprint density at radius 1 is 1.16 bits per heavy atom. The molecular formula is C20H19F3N8O. The van der Waals surface area contributed by atoms with Gasteiger partial charge in [0.25, 0.3) is 11.6 Å². The van der Waals surface area contributed by atoms with Crippen LogP contribution >= 0.6 is 0 Å². The van der Waals surface area contributed by atoms with E-state index in [0.717, 1.165) is 15.8 Å². The van der Waals surface area contributed by atoms with E-state index >= 15 is 0 Å². The Hall–Kier alpha value is -3.83. The van der Waals surface area contributed by atoms with Crippen molar-refractivity contribution >= 4 is 11.7 Å². The predicted molar refractivity (Wildman–Crippen MR) is 107 cm³/mol. The molecule has 32 heavy (non-hydrogen) atoms. The quantitative estimate of drug-likeness (QED) is 0.508. The van der Waals surface area contributed by atoms with Gasteiger partial charge in [0.15, 0.2) is 0 Å². The van der Waals surface area contributed by atoms with Gasteiger partial charge in [-0.2, -0.15) is 23.3 Å². The fraction of sp³-hybridized carbons (Fsp3) is 0.300. The van der Waals surface area contributed by atoms with E-state index < -0.39 is 12.0 Å². The van der Waals surface area contributed by atoms with Crippen LogP contribution in [-0.4, -0.2) is 40.3 Å². The number of hydrogen-bond donors (Lipinski definition) is 1. The summed E-state index contributed by atoms with van der Waals surface area (Å²) >= 11 is 0. The van der Waals surface area contributed by atoms with Gasteiger partial charge in [0.1, 0.15) is 12.7 Å². The molecule has 0 saturated carbocycles. The summed E-state index contributed by atoms with van der Waals surface area (Å²) in [6.07, 6.45) is -1.70. The zero-order valence-corrected chi connectivity index (χ0v) is 17.4. The van der Waals surface area contributed by atoms with Gasteiger partial charge in [0, 0.05) is 17.0 Å². The molecule has 1 amide bonds. The summed E-state index contributed by atoms with van der Waals surface area (Å²) in [5.74, 6) is -1.71. The number of carbonyl (C=O) groups excluding carboxylic acids is 1. The summed E-state index contributed by atoms with van der Waals surface area (Å²) in [6, 6.07) is 7.19. The molecule has 4 rings (SSSR count). The Morgan fingerprint density at radius 3 is 2.50 bits per heavy atom. The van der Waals surface area contributed by atoms with E-state index in [1.807, 2.05) is 31.2 Å². The molecule has 0 aliphatic heterocycles. The molecule has 0 bridgehead atoms. The number of nitrogens with zero attached hydrogens (tertiary/aromatic N) is 7. The third-order valence-electron chi connectivity index (χ3n) is 5.09. The Balaban J connectivity index is 1.50. The van der Waals surface area contributed by atoms with Crippen molar-refractivity contribution in [2.75, 3.05) is 0 Å². The van der Waals surface area contributed by atoms with Crippen molar-refractivity contribution < 1.29 is 18.0 Å². The second kappa shape index (κ2) is 8.02. The average Bonchev–Trinajstić information content (AvgIpc) is 3.41. The fourth-order valence-corrected chi connectivity index (χ4v) is 3.38. The molecule has 0 radical (unpaired) electrons. The lowest BCUT2D eigenvalue weighted by molar-refractivity contribution is -0.144. The van der Waals surface area contributed by atoms with E-state index in [9.17, 15) is 18.0 Å². The maximum absolute atomic E-state index is 12.9. The van der Waals surface area contributed by atoms with E-state index in [0.29, 0.717) is 17.0 Å². The summed E-state index contributed by atoms with van der Waals surface area (Å²) in [4.78, 5) is 24.1. The highest BCUT2D eigenvalue weighted by atomic mass is 19.4. The first-order valence-corrected chi connectivity index (χ1v) is 9.68. The molecule has 12 heteroatoms. The van der Waals surface area contributed by atoms with Crippen LogP contribution < -0.4 is 5.32 Å². The van der Waals surface area contributed by atoms with Crippen LogP contribution in [0.3, 0.4) is 0 Å². The Kier molecular flexibility index (Phi) is 5.36. The van der Waals surface area contributed by atoms with Gasteiger partial charge in [-0.3, -0.25) is 4.79 Å². The third kappa shape index (κ3) is 4.15. The summed E-state index contributed by atoms with van der Waals surface area (Å²) in [5, 5.41) is 10.5. The monoisotopic (exact) mass is 444 g/mol. The molecule has 1 unspecified atom stereocenters. The number of aromatic nitrogens is 7. The summed E-state index contributed by atoms with van der Waals surface area (Å²) in [5.41, 5.74) is 3.03. The minimum Gasteiger partial charge on any atom is -0.349 e. The number of rotatable bonds is 5. The molecule has 1 atom stereocenters. The van der Waals surface area contributed by atoms with Crippen LogP contribution in [0.5, 0.6) is 0 Å². The maximum Gasteiger partial charge on any atom is 0.453 e. The number of alkyl halides is 3. The van der Waals surface area contributed by atoms with E-state index in [2.05, 4.69) is 30.5 Å². The summed E-state index contributed by atoms with van der Waals surface area (Å²) < 4.78 is 41.5. The molecular weight excluding hydrogens is 425 g/mol. The number of amides is 1. The van der Waals surface area contributed by atoms with E-state index in [1.54, 1.807) is 24.9 Å². The van der Waals surface area contributed by atoms with Crippen LogP contribution in [0.2, 0.25) is 0 Å². The highest BCUT2D eigenvalue weighted by Gasteiger charge is 2.37. The van der Waals surface area contributed by atoms with E-state index in [1.165, 1.54) is 6.33 Å².